The van der Waals surface area contributed by atoms with Crippen LogP contribution in [0.25, 0.3) is 6.08 Å². The fraction of sp³-hybridized carbons (Fsp3) is 0.227. The molecule has 7 heteroatoms. The molecule has 0 aliphatic carbocycles. The third kappa shape index (κ3) is 5.68. The van der Waals surface area contributed by atoms with Gasteiger partial charge in [0.2, 0.25) is 5.91 Å². The Kier molecular flexibility index (Phi) is 7.06. The second kappa shape index (κ2) is 9.71. The highest BCUT2D eigenvalue weighted by Crippen LogP contribution is 2.32. The van der Waals surface area contributed by atoms with Gasteiger partial charge in [-0.1, -0.05) is 61.2 Å². The van der Waals surface area contributed by atoms with Crippen molar-refractivity contribution in [3.05, 3.63) is 64.6 Å². The van der Waals surface area contributed by atoms with E-state index in [-0.39, 0.29) is 24.0 Å². The Morgan fingerprint density at radius 2 is 2.00 bits per heavy atom. The summed E-state index contributed by atoms with van der Waals surface area (Å²) in [5, 5.41) is 12.2. The van der Waals surface area contributed by atoms with Gasteiger partial charge in [-0.3, -0.25) is 14.5 Å². The zero-order valence-corrected chi connectivity index (χ0v) is 17.7. The first kappa shape index (κ1) is 21.1. The first-order chi connectivity index (χ1) is 14.0. The van der Waals surface area contributed by atoms with Crippen LogP contribution in [0.4, 0.5) is 5.69 Å². The minimum Gasteiger partial charge on any atom is -0.508 e. The Labute approximate surface area is 179 Å². The monoisotopic (exact) mass is 426 g/mol. The lowest BCUT2D eigenvalue weighted by molar-refractivity contribution is -0.122. The minimum absolute atomic E-state index is 0.0940. The van der Waals surface area contributed by atoms with Crippen LogP contribution in [-0.2, 0) is 16.0 Å². The average molecular weight is 427 g/mol. The third-order valence-electron chi connectivity index (χ3n) is 4.47. The Hall–Kier alpha value is -2.64. The largest absolute Gasteiger partial charge is 0.508 e. The van der Waals surface area contributed by atoms with Gasteiger partial charge in [0.15, 0.2) is 0 Å². The van der Waals surface area contributed by atoms with Crippen LogP contribution in [0, 0.1) is 0 Å². The zero-order valence-electron chi connectivity index (χ0n) is 16.1. The number of anilines is 1. The summed E-state index contributed by atoms with van der Waals surface area (Å²) in [6.45, 7) is 2.49. The predicted octanol–water partition coefficient (Wildman–Crippen LogP) is 4.57. The van der Waals surface area contributed by atoms with Crippen molar-refractivity contribution in [3.8, 4) is 5.75 Å². The molecule has 0 saturated carbocycles. The Morgan fingerprint density at radius 1 is 1.24 bits per heavy atom. The first-order valence-corrected chi connectivity index (χ1v) is 10.6. The van der Waals surface area contributed by atoms with Gasteiger partial charge in [0, 0.05) is 24.7 Å². The van der Waals surface area contributed by atoms with Crippen molar-refractivity contribution in [2.24, 2.45) is 0 Å². The lowest BCUT2D eigenvalue weighted by Crippen LogP contribution is -2.29. The molecule has 5 nitrogen and oxygen atoms in total. The van der Waals surface area contributed by atoms with Crippen LogP contribution in [0.3, 0.4) is 0 Å². The minimum atomic E-state index is -0.174. The molecular weight excluding hydrogens is 404 g/mol. The molecule has 1 heterocycles. The molecule has 2 aromatic carbocycles. The number of nitrogens with zero attached hydrogens (tertiary/aromatic N) is 1. The maximum Gasteiger partial charge on any atom is 0.266 e. The molecule has 1 saturated heterocycles. The van der Waals surface area contributed by atoms with Crippen molar-refractivity contribution in [1.82, 2.24) is 4.90 Å². The van der Waals surface area contributed by atoms with Gasteiger partial charge in [-0.2, -0.15) is 0 Å². The number of thioether (sulfide) groups is 1. The quantitative estimate of drug-likeness (QED) is 0.501. The van der Waals surface area contributed by atoms with Crippen LogP contribution in [0.1, 0.15) is 30.9 Å². The van der Waals surface area contributed by atoms with Crippen molar-refractivity contribution in [3.63, 3.8) is 0 Å². The number of rotatable bonds is 7. The van der Waals surface area contributed by atoms with Gasteiger partial charge in [0.25, 0.3) is 5.91 Å². The van der Waals surface area contributed by atoms with E-state index < -0.39 is 0 Å². The second-order valence-corrected chi connectivity index (χ2v) is 8.31. The van der Waals surface area contributed by atoms with E-state index in [1.54, 1.807) is 17.0 Å². The number of phenolic OH excluding ortho intramolecular Hbond substituents is 1. The normalized spacial score (nSPS) is 15.2. The molecule has 2 amide bonds. The number of benzene rings is 2. The Bertz CT molecular complexity index is 955. The van der Waals surface area contributed by atoms with Crippen molar-refractivity contribution >= 4 is 51.9 Å². The highest BCUT2D eigenvalue weighted by Gasteiger charge is 2.31. The summed E-state index contributed by atoms with van der Waals surface area (Å²) in [5.41, 5.74) is 2.75. The number of hydrogen-bond acceptors (Lipinski definition) is 5. The van der Waals surface area contributed by atoms with E-state index in [1.165, 1.54) is 29.5 Å². The number of carbonyl (C=O) groups is 2. The number of aryl methyl sites for hydroxylation is 1. The summed E-state index contributed by atoms with van der Waals surface area (Å²) in [6, 6.07) is 14.5. The smallest absolute Gasteiger partial charge is 0.266 e. The van der Waals surface area contributed by atoms with Gasteiger partial charge in [-0.25, -0.2) is 0 Å². The van der Waals surface area contributed by atoms with E-state index in [2.05, 4.69) is 24.4 Å². The van der Waals surface area contributed by atoms with E-state index in [1.807, 2.05) is 18.2 Å². The number of hydrogen-bond donors (Lipinski definition) is 2. The number of aromatic hydroxyl groups is 1. The van der Waals surface area contributed by atoms with E-state index >= 15 is 0 Å². The Balaban J connectivity index is 1.53. The molecular formula is C22H22N2O3S2. The van der Waals surface area contributed by atoms with Crippen LogP contribution in [0.2, 0.25) is 0 Å². The molecule has 1 fully saturated rings. The third-order valence-corrected chi connectivity index (χ3v) is 5.85. The summed E-state index contributed by atoms with van der Waals surface area (Å²) < 4.78 is 0.514. The first-order valence-electron chi connectivity index (χ1n) is 9.39. The van der Waals surface area contributed by atoms with Gasteiger partial charge in [0.05, 0.1) is 4.91 Å². The zero-order chi connectivity index (χ0) is 20.8. The molecule has 0 atom stereocenters. The molecule has 0 spiro atoms. The summed E-state index contributed by atoms with van der Waals surface area (Å²) in [7, 11) is 0. The highest BCUT2D eigenvalue weighted by molar-refractivity contribution is 8.26. The molecule has 29 heavy (non-hydrogen) atoms. The summed E-state index contributed by atoms with van der Waals surface area (Å²) >= 11 is 6.64. The van der Waals surface area contributed by atoms with Crippen LogP contribution >= 0.6 is 24.0 Å². The van der Waals surface area contributed by atoms with Crippen LogP contribution in [-0.4, -0.2) is 32.7 Å². The molecule has 0 unspecified atom stereocenters. The molecule has 150 valence electrons. The van der Waals surface area contributed by atoms with Gasteiger partial charge in [-0.05, 0) is 42.2 Å². The molecule has 1 aliphatic rings. The summed E-state index contributed by atoms with van der Waals surface area (Å²) in [6.07, 6.45) is 3.58. The van der Waals surface area contributed by atoms with E-state index in [9.17, 15) is 14.7 Å². The average Bonchev–Trinajstić information content (AvgIpc) is 2.96. The van der Waals surface area contributed by atoms with Crippen molar-refractivity contribution in [2.45, 2.75) is 26.2 Å². The van der Waals surface area contributed by atoms with Crippen molar-refractivity contribution in [1.29, 1.82) is 0 Å². The van der Waals surface area contributed by atoms with Gasteiger partial charge >= 0.3 is 0 Å². The van der Waals surface area contributed by atoms with Crippen LogP contribution in [0.15, 0.2) is 53.4 Å². The number of thiocarbonyl (C=S) groups is 1. The lowest BCUT2D eigenvalue weighted by atomic mass is 10.1. The van der Waals surface area contributed by atoms with Crippen LogP contribution in [0.5, 0.6) is 5.75 Å². The molecule has 2 N–H and O–H groups in total. The standard InChI is InChI=1S/C22H22N2O3S2/c1-2-15-8-10-16(11-9-15)13-19-21(27)24(22(28)29-19)12-4-7-20(26)23-17-5-3-6-18(25)14-17/h3,5-6,8-11,13-14,25H,2,4,7,12H2,1H3,(H,23,26). The maximum atomic E-state index is 12.7. The fourth-order valence-electron chi connectivity index (χ4n) is 2.90. The second-order valence-electron chi connectivity index (χ2n) is 6.63. The maximum absolute atomic E-state index is 12.7. The molecule has 1 aliphatic heterocycles. The molecule has 3 rings (SSSR count). The van der Waals surface area contributed by atoms with E-state index in [0.717, 1.165) is 12.0 Å². The molecule has 0 radical (unpaired) electrons. The summed E-state index contributed by atoms with van der Waals surface area (Å²) in [5.74, 6) is -0.197. The SMILES string of the molecule is CCc1ccc(C=C2SC(=S)N(CCCC(=O)Nc3cccc(O)c3)C2=O)cc1. The number of phenols is 1. The van der Waals surface area contributed by atoms with Gasteiger partial charge in [-0.15, -0.1) is 0 Å². The molecule has 2 aromatic rings. The lowest BCUT2D eigenvalue weighted by Gasteiger charge is -2.14. The summed E-state index contributed by atoms with van der Waals surface area (Å²) in [4.78, 5) is 26.9. The van der Waals surface area contributed by atoms with Crippen molar-refractivity contribution < 1.29 is 14.7 Å². The number of carbonyl (C=O) groups excluding carboxylic acids is 2. The highest BCUT2D eigenvalue weighted by atomic mass is 32.2. The molecule has 0 bridgehead atoms. The topological polar surface area (TPSA) is 69.6 Å². The number of nitrogens with one attached hydrogen (secondary N) is 1. The van der Waals surface area contributed by atoms with Crippen LogP contribution < -0.4 is 5.32 Å². The van der Waals surface area contributed by atoms with E-state index in [0.29, 0.717) is 27.9 Å². The van der Waals surface area contributed by atoms with E-state index in [4.69, 9.17) is 12.2 Å². The van der Waals surface area contributed by atoms with Gasteiger partial charge in [0.1, 0.15) is 10.1 Å². The fourth-order valence-corrected chi connectivity index (χ4v) is 4.21. The number of amides is 2. The Morgan fingerprint density at radius 3 is 2.69 bits per heavy atom. The predicted molar refractivity (Wildman–Crippen MR) is 122 cm³/mol. The van der Waals surface area contributed by atoms with Gasteiger partial charge < -0.3 is 10.4 Å². The van der Waals surface area contributed by atoms with Crippen molar-refractivity contribution in [2.75, 3.05) is 11.9 Å². The molecule has 0 aromatic heterocycles.